The first kappa shape index (κ1) is 13.7. The van der Waals surface area contributed by atoms with Crippen molar-refractivity contribution >= 4 is 28.7 Å². The average molecular weight is 302 g/mol. The number of carbonyl (C=O) groups is 1. The molecule has 4 N–H and O–H groups in total. The van der Waals surface area contributed by atoms with E-state index in [9.17, 15) is 4.79 Å². The van der Waals surface area contributed by atoms with E-state index >= 15 is 0 Å². The van der Waals surface area contributed by atoms with Crippen LogP contribution in [0.2, 0.25) is 0 Å². The summed E-state index contributed by atoms with van der Waals surface area (Å²) in [6, 6.07) is 7.74. The largest absolute Gasteiger partial charge is 0.468 e. The van der Waals surface area contributed by atoms with E-state index < -0.39 is 0 Å². The van der Waals surface area contributed by atoms with Gasteiger partial charge in [0.2, 0.25) is 0 Å². The molecule has 3 aromatic rings. The van der Waals surface area contributed by atoms with Crippen molar-refractivity contribution in [1.82, 2.24) is 15.4 Å². The van der Waals surface area contributed by atoms with Crippen LogP contribution in [0.1, 0.15) is 21.7 Å². The summed E-state index contributed by atoms with van der Waals surface area (Å²) >= 11 is 1.51. The van der Waals surface area contributed by atoms with E-state index in [0.717, 1.165) is 16.2 Å². The molecule has 0 saturated carbocycles. The lowest BCUT2D eigenvalue weighted by Gasteiger charge is -1.93. The molecule has 0 radical (unpaired) electrons. The Bertz CT molecular complexity index is 793. The van der Waals surface area contributed by atoms with E-state index in [1.807, 2.05) is 19.1 Å². The van der Waals surface area contributed by atoms with Crippen LogP contribution in [0.15, 0.2) is 40.1 Å². The molecule has 0 atom stereocenters. The fourth-order valence-corrected chi connectivity index (χ4v) is 2.74. The van der Waals surface area contributed by atoms with E-state index in [0.29, 0.717) is 17.1 Å². The number of H-pyrrole nitrogens is 1. The van der Waals surface area contributed by atoms with Gasteiger partial charge in [-0.3, -0.25) is 10.2 Å². The van der Waals surface area contributed by atoms with Gasteiger partial charge in [-0.25, -0.2) is 10.8 Å². The second-order valence-corrected chi connectivity index (χ2v) is 5.59. The van der Waals surface area contributed by atoms with Gasteiger partial charge >= 0.3 is 0 Å². The van der Waals surface area contributed by atoms with E-state index in [1.54, 1.807) is 6.07 Å². The number of nitrogens with one attached hydrogen (secondary N) is 2. The van der Waals surface area contributed by atoms with Gasteiger partial charge in [-0.05, 0) is 30.7 Å². The molecule has 0 aliphatic rings. The van der Waals surface area contributed by atoms with Gasteiger partial charge in [0.15, 0.2) is 5.16 Å². The molecule has 108 valence electrons. The third-order valence-electron chi connectivity index (χ3n) is 3.01. The Balaban J connectivity index is 1.71. The number of nitrogens with zero attached hydrogens (tertiary/aromatic N) is 1. The number of fused-ring (bicyclic) bond motifs is 1. The minimum absolute atomic E-state index is 0.366. The van der Waals surface area contributed by atoms with Crippen LogP contribution in [0.4, 0.5) is 0 Å². The maximum atomic E-state index is 11.3. The van der Waals surface area contributed by atoms with Crippen LogP contribution in [-0.4, -0.2) is 15.9 Å². The summed E-state index contributed by atoms with van der Waals surface area (Å²) in [6.45, 7) is 2.04. The van der Waals surface area contributed by atoms with Crippen LogP contribution in [0.3, 0.4) is 0 Å². The molecule has 1 aromatic carbocycles. The van der Waals surface area contributed by atoms with Crippen molar-refractivity contribution in [2.24, 2.45) is 5.84 Å². The molecule has 2 heterocycles. The molecule has 1 amide bonds. The van der Waals surface area contributed by atoms with Gasteiger partial charge in [0.05, 0.1) is 22.3 Å². The summed E-state index contributed by atoms with van der Waals surface area (Å²) in [5.41, 5.74) is 5.61. The van der Waals surface area contributed by atoms with Gasteiger partial charge in [0.1, 0.15) is 12.0 Å². The van der Waals surface area contributed by atoms with E-state index in [2.05, 4.69) is 21.5 Å². The van der Waals surface area contributed by atoms with E-state index in [-0.39, 0.29) is 5.91 Å². The number of nitrogen functional groups attached to an aromatic ring is 1. The molecule has 0 unspecified atom stereocenters. The summed E-state index contributed by atoms with van der Waals surface area (Å²) in [5, 5.41) is 0.817. The first-order valence-corrected chi connectivity index (χ1v) is 7.32. The molecule has 2 aromatic heterocycles. The first-order chi connectivity index (χ1) is 10.2. The third kappa shape index (κ3) is 2.93. The Labute approximate surface area is 125 Å². The summed E-state index contributed by atoms with van der Waals surface area (Å²) in [5.74, 6) is 5.98. The van der Waals surface area contributed by atoms with Gasteiger partial charge in [-0.1, -0.05) is 17.8 Å². The predicted molar refractivity (Wildman–Crippen MR) is 80.8 cm³/mol. The van der Waals surface area contributed by atoms with Crippen LogP contribution < -0.4 is 11.3 Å². The number of aromatic nitrogens is 2. The lowest BCUT2D eigenvalue weighted by Crippen LogP contribution is -2.29. The minimum Gasteiger partial charge on any atom is -0.468 e. The van der Waals surface area contributed by atoms with Crippen LogP contribution in [0.25, 0.3) is 11.0 Å². The van der Waals surface area contributed by atoms with Crippen molar-refractivity contribution in [3.05, 3.63) is 47.4 Å². The van der Waals surface area contributed by atoms with Crippen molar-refractivity contribution in [2.45, 2.75) is 17.8 Å². The van der Waals surface area contributed by atoms with Gasteiger partial charge in [-0.15, -0.1) is 0 Å². The zero-order chi connectivity index (χ0) is 14.8. The number of aromatic amines is 1. The Morgan fingerprint density at radius 1 is 1.48 bits per heavy atom. The fourth-order valence-electron chi connectivity index (χ4n) is 1.97. The van der Waals surface area contributed by atoms with Gasteiger partial charge in [0, 0.05) is 0 Å². The highest BCUT2D eigenvalue weighted by Gasteiger charge is 2.10. The zero-order valence-electron chi connectivity index (χ0n) is 11.3. The zero-order valence-corrected chi connectivity index (χ0v) is 12.2. The highest BCUT2D eigenvalue weighted by atomic mass is 32.2. The van der Waals surface area contributed by atoms with Gasteiger partial charge < -0.3 is 9.40 Å². The maximum absolute atomic E-state index is 11.3. The number of carbonyl (C=O) groups excluding carboxylic acids is 1. The Kier molecular flexibility index (Phi) is 3.68. The quantitative estimate of drug-likeness (QED) is 0.297. The van der Waals surface area contributed by atoms with Crippen molar-refractivity contribution in [3.8, 4) is 0 Å². The van der Waals surface area contributed by atoms with Crippen LogP contribution >= 0.6 is 11.8 Å². The number of amides is 1. The molecule has 0 aliphatic heterocycles. The lowest BCUT2D eigenvalue weighted by molar-refractivity contribution is 0.0953. The second kappa shape index (κ2) is 5.63. The number of hydrazine groups is 1. The van der Waals surface area contributed by atoms with Crippen LogP contribution in [0, 0.1) is 6.92 Å². The number of rotatable bonds is 4. The van der Waals surface area contributed by atoms with Gasteiger partial charge in [-0.2, -0.15) is 0 Å². The van der Waals surface area contributed by atoms with Crippen LogP contribution in [-0.2, 0) is 5.75 Å². The predicted octanol–water partition coefficient (Wildman–Crippen LogP) is 2.36. The number of imidazole rings is 1. The molecule has 0 bridgehead atoms. The SMILES string of the molecule is Cc1ccc2nc(SCc3cc(C(=O)NN)co3)[nH]c2c1. The number of aryl methyl sites for hydroxylation is 1. The molecule has 21 heavy (non-hydrogen) atoms. The monoisotopic (exact) mass is 302 g/mol. The number of benzene rings is 1. The molecule has 0 saturated heterocycles. The normalized spacial score (nSPS) is 11.0. The van der Waals surface area contributed by atoms with Crippen molar-refractivity contribution in [2.75, 3.05) is 0 Å². The number of thioether (sulfide) groups is 1. The first-order valence-electron chi connectivity index (χ1n) is 6.33. The van der Waals surface area contributed by atoms with Crippen molar-refractivity contribution < 1.29 is 9.21 Å². The van der Waals surface area contributed by atoms with E-state index in [1.165, 1.54) is 23.6 Å². The molecule has 6 nitrogen and oxygen atoms in total. The number of hydrogen-bond donors (Lipinski definition) is 3. The van der Waals surface area contributed by atoms with Crippen molar-refractivity contribution in [3.63, 3.8) is 0 Å². The average Bonchev–Trinajstić information content (AvgIpc) is 3.10. The second-order valence-electron chi connectivity index (χ2n) is 4.63. The van der Waals surface area contributed by atoms with Crippen LogP contribution in [0.5, 0.6) is 0 Å². The standard InChI is InChI=1S/C14H14N4O2S/c1-8-2-3-11-12(4-8)17-14(16-11)21-7-10-5-9(6-20-10)13(19)18-15/h2-6H,7,15H2,1H3,(H,16,17)(H,18,19). The topological polar surface area (TPSA) is 96.9 Å². The fraction of sp³-hybridized carbons (Fsp3) is 0.143. The molecular weight excluding hydrogens is 288 g/mol. The number of hydrogen-bond acceptors (Lipinski definition) is 5. The summed E-state index contributed by atoms with van der Waals surface area (Å²) in [7, 11) is 0. The molecule has 7 heteroatoms. The Morgan fingerprint density at radius 2 is 2.33 bits per heavy atom. The summed E-state index contributed by atoms with van der Waals surface area (Å²) in [6.07, 6.45) is 1.39. The number of furan rings is 1. The van der Waals surface area contributed by atoms with Gasteiger partial charge in [0.25, 0.3) is 5.91 Å². The highest BCUT2D eigenvalue weighted by molar-refractivity contribution is 7.98. The highest BCUT2D eigenvalue weighted by Crippen LogP contribution is 2.24. The smallest absolute Gasteiger partial charge is 0.268 e. The molecular formula is C14H14N4O2S. The molecule has 0 spiro atoms. The maximum Gasteiger partial charge on any atom is 0.268 e. The Morgan fingerprint density at radius 3 is 3.14 bits per heavy atom. The van der Waals surface area contributed by atoms with E-state index in [4.69, 9.17) is 10.3 Å². The molecule has 0 fully saturated rings. The summed E-state index contributed by atoms with van der Waals surface area (Å²) in [4.78, 5) is 19.1. The molecule has 3 rings (SSSR count). The summed E-state index contributed by atoms with van der Waals surface area (Å²) < 4.78 is 5.32. The van der Waals surface area contributed by atoms with Crippen molar-refractivity contribution in [1.29, 1.82) is 0 Å². The minimum atomic E-state index is -0.366. The molecule has 0 aliphatic carbocycles. The lowest BCUT2D eigenvalue weighted by atomic mass is 10.2. The number of nitrogens with two attached hydrogens (primary N) is 1. The third-order valence-corrected chi connectivity index (χ3v) is 3.91. The Hall–Kier alpha value is -2.25.